The highest BCUT2D eigenvalue weighted by atomic mass is 16.2. The molecule has 0 N–H and O–H groups in total. The van der Waals surface area contributed by atoms with Crippen LogP contribution in [0.25, 0.3) is 0 Å². The summed E-state index contributed by atoms with van der Waals surface area (Å²) in [7, 11) is 0. The first-order chi connectivity index (χ1) is 11.0. The van der Waals surface area contributed by atoms with Crippen LogP contribution in [0.4, 0.5) is 5.69 Å². The molecule has 0 spiro atoms. The highest BCUT2D eigenvalue weighted by Crippen LogP contribution is 2.36. The van der Waals surface area contributed by atoms with E-state index in [-0.39, 0.29) is 30.1 Å². The Morgan fingerprint density at radius 3 is 2.43 bits per heavy atom. The highest BCUT2D eigenvalue weighted by Gasteiger charge is 2.42. The van der Waals surface area contributed by atoms with Gasteiger partial charge in [-0.15, -0.1) is 0 Å². The van der Waals surface area contributed by atoms with Gasteiger partial charge in [0.25, 0.3) is 0 Å². The second-order valence-electron chi connectivity index (χ2n) is 6.37. The van der Waals surface area contributed by atoms with E-state index in [1.54, 1.807) is 0 Å². The van der Waals surface area contributed by atoms with Crippen molar-refractivity contribution in [2.24, 2.45) is 5.92 Å². The molecule has 1 aliphatic heterocycles. The van der Waals surface area contributed by atoms with Gasteiger partial charge in [-0.05, 0) is 42.5 Å². The molecule has 0 aromatic heterocycles. The minimum Gasteiger partial charge on any atom is -0.274 e. The van der Waals surface area contributed by atoms with E-state index in [4.69, 9.17) is 0 Å². The Bertz CT molecular complexity index is 751. The van der Waals surface area contributed by atoms with Gasteiger partial charge >= 0.3 is 0 Å². The molecule has 0 aliphatic carbocycles. The number of hydrogen-bond donors (Lipinski definition) is 0. The number of imide groups is 1. The minimum absolute atomic E-state index is 0.0303. The van der Waals surface area contributed by atoms with Gasteiger partial charge in [0.15, 0.2) is 0 Å². The van der Waals surface area contributed by atoms with Crippen LogP contribution in [0.1, 0.15) is 36.0 Å². The molecule has 118 valence electrons. The van der Waals surface area contributed by atoms with Gasteiger partial charge in [-0.2, -0.15) is 0 Å². The van der Waals surface area contributed by atoms with Crippen LogP contribution >= 0.6 is 0 Å². The van der Waals surface area contributed by atoms with Gasteiger partial charge in [0.05, 0.1) is 11.6 Å². The van der Waals surface area contributed by atoms with E-state index in [0.717, 1.165) is 22.4 Å². The smallest absolute Gasteiger partial charge is 0.238 e. The normalized spacial score (nSPS) is 19.3. The average Bonchev–Trinajstić information content (AvgIpc) is 2.85. The molecule has 23 heavy (non-hydrogen) atoms. The number of nitrogens with zero attached hydrogens (tertiary/aromatic N) is 1. The van der Waals surface area contributed by atoms with Crippen LogP contribution in [0.15, 0.2) is 48.5 Å². The lowest BCUT2D eigenvalue weighted by atomic mass is 9.86. The van der Waals surface area contributed by atoms with Crippen LogP contribution in [-0.2, 0) is 9.59 Å². The van der Waals surface area contributed by atoms with E-state index in [0.29, 0.717) is 0 Å². The third kappa shape index (κ3) is 2.79. The summed E-state index contributed by atoms with van der Waals surface area (Å²) in [4.78, 5) is 26.8. The van der Waals surface area contributed by atoms with E-state index in [2.05, 4.69) is 0 Å². The number of anilines is 1. The molecule has 3 rings (SSSR count). The molecule has 1 fully saturated rings. The number of hydrogen-bond acceptors (Lipinski definition) is 2. The van der Waals surface area contributed by atoms with Crippen molar-refractivity contribution < 1.29 is 9.59 Å². The number of benzene rings is 2. The minimum atomic E-state index is -0.287. The van der Waals surface area contributed by atoms with Gasteiger partial charge < -0.3 is 0 Å². The first-order valence-corrected chi connectivity index (χ1v) is 7.98. The van der Waals surface area contributed by atoms with Crippen LogP contribution in [0, 0.1) is 19.8 Å². The quantitative estimate of drug-likeness (QED) is 0.804. The predicted molar refractivity (Wildman–Crippen MR) is 91.4 cm³/mol. The Hall–Kier alpha value is -2.42. The van der Waals surface area contributed by atoms with Gasteiger partial charge in [0.1, 0.15) is 0 Å². The van der Waals surface area contributed by atoms with E-state index >= 15 is 0 Å². The predicted octanol–water partition coefficient (Wildman–Crippen LogP) is 3.99. The summed E-state index contributed by atoms with van der Waals surface area (Å²) < 4.78 is 0. The lowest BCUT2D eigenvalue weighted by Gasteiger charge is -2.20. The van der Waals surface area contributed by atoms with Crippen molar-refractivity contribution in [3.05, 3.63) is 65.2 Å². The Labute approximate surface area is 136 Å². The van der Waals surface area contributed by atoms with Crippen molar-refractivity contribution in [2.75, 3.05) is 4.90 Å². The van der Waals surface area contributed by atoms with Gasteiger partial charge in [0, 0.05) is 6.42 Å². The zero-order valence-electron chi connectivity index (χ0n) is 13.7. The Morgan fingerprint density at radius 2 is 1.74 bits per heavy atom. The van der Waals surface area contributed by atoms with Crippen molar-refractivity contribution >= 4 is 17.5 Å². The van der Waals surface area contributed by atoms with Gasteiger partial charge in [-0.25, -0.2) is 0 Å². The molecule has 1 aliphatic rings. The Kier molecular flexibility index (Phi) is 4.03. The third-order valence-corrected chi connectivity index (χ3v) is 4.72. The zero-order valence-corrected chi connectivity index (χ0v) is 13.7. The molecule has 3 heteroatoms. The summed E-state index contributed by atoms with van der Waals surface area (Å²) in [6.45, 7) is 5.93. The number of carbonyl (C=O) groups excluding carboxylic acids is 2. The number of carbonyl (C=O) groups is 2. The fourth-order valence-electron chi connectivity index (χ4n) is 3.25. The maximum atomic E-state index is 12.9. The molecule has 0 saturated carbocycles. The summed E-state index contributed by atoms with van der Waals surface area (Å²) in [6, 6.07) is 15.8. The first-order valence-electron chi connectivity index (χ1n) is 7.98. The monoisotopic (exact) mass is 307 g/mol. The molecule has 2 atom stereocenters. The molecule has 1 heterocycles. The van der Waals surface area contributed by atoms with Crippen molar-refractivity contribution in [3.63, 3.8) is 0 Å². The fourth-order valence-corrected chi connectivity index (χ4v) is 3.25. The summed E-state index contributed by atoms with van der Waals surface area (Å²) in [5.41, 5.74) is 3.82. The third-order valence-electron chi connectivity index (χ3n) is 4.72. The molecule has 1 saturated heterocycles. The van der Waals surface area contributed by atoms with Crippen molar-refractivity contribution in [3.8, 4) is 0 Å². The van der Waals surface area contributed by atoms with Crippen LogP contribution in [0.5, 0.6) is 0 Å². The largest absolute Gasteiger partial charge is 0.274 e. The highest BCUT2D eigenvalue weighted by molar-refractivity contribution is 6.21. The summed E-state index contributed by atoms with van der Waals surface area (Å²) >= 11 is 0. The van der Waals surface area contributed by atoms with Gasteiger partial charge in [0.2, 0.25) is 11.8 Å². The maximum Gasteiger partial charge on any atom is 0.238 e. The molecule has 2 amide bonds. The van der Waals surface area contributed by atoms with Crippen molar-refractivity contribution in [1.29, 1.82) is 0 Å². The van der Waals surface area contributed by atoms with Crippen molar-refractivity contribution in [2.45, 2.75) is 33.1 Å². The molecule has 2 unspecified atom stereocenters. The SMILES string of the molecule is Cc1ccc(C)c(N2C(=O)CC(C(C)c3ccccc3)C2=O)c1. The van der Waals surface area contributed by atoms with Crippen LogP contribution in [-0.4, -0.2) is 11.8 Å². The van der Waals surface area contributed by atoms with E-state index in [1.165, 1.54) is 4.90 Å². The molecular formula is C20H21NO2. The number of amides is 2. The van der Waals surface area contributed by atoms with Crippen LogP contribution in [0.3, 0.4) is 0 Å². The fraction of sp³-hybridized carbons (Fsp3) is 0.300. The first kappa shape index (κ1) is 15.5. The topological polar surface area (TPSA) is 37.4 Å². The van der Waals surface area contributed by atoms with Crippen molar-refractivity contribution in [1.82, 2.24) is 0 Å². The lowest BCUT2D eigenvalue weighted by Crippen LogP contribution is -2.32. The summed E-state index contributed by atoms with van der Waals surface area (Å²) in [5, 5.41) is 0. The van der Waals surface area contributed by atoms with Crippen LogP contribution in [0.2, 0.25) is 0 Å². The Balaban J connectivity index is 1.93. The zero-order chi connectivity index (χ0) is 16.6. The average molecular weight is 307 g/mol. The van der Waals surface area contributed by atoms with Gasteiger partial charge in [-0.1, -0.05) is 49.4 Å². The van der Waals surface area contributed by atoms with Crippen LogP contribution < -0.4 is 4.90 Å². The second-order valence-corrected chi connectivity index (χ2v) is 6.37. The van der Waals surface area contributed by atoms with E-state index in [1.807, 2.05) is 69.3 Å². The Morgan fingerprint density at radius 1 is 1.04 bits per heavy atom. The number of aryl methyl sites for hydroxylation is 2. The lowest BCUT2D eigenvalue weighted by molar-refractivity contribution is -0.122. The van der Waals surface area contributed by atoms with Gasteiger partial charge in [-0.3, -0.25) is 14.5 Å². The van der Waals surface area contributed by atoms with E-state index in [9.17, 15) is 9.59 Å². The van der Waals surface area contributed by atoms with E-state index < -0.39 is 0 Å². The summed E-state index contributed by atoms with van der Waals surface area (Å²) in [5.74, 6) is -0.441. The maximum absolute atomic E-state index is 12.9. The molecule has 0 radical (unpaired) electrons. The standard InChI is InChI=1S/C20H21NO2/c1-13-9-10-14(2)18(11-13)21-19(22)12-17(20(21)23)15(3)16-7-5-4-6-8-16/h4-11,15,17H,12H2,1-3H3. The molecular weight excluding hydrogens is 286 g/mol. The summed E-state index contributed by atoms with van der Waals surface area (Å²) in [6.07, 6.45) is 0.280. The molecule has 0 bridgehead atoms. The molecule has 2 aromatic carbocycles. The second kappa shape index (κ2) is 5.99. The molecule has 2 aromatic rings. The number of rotatable bonds is 3. The molecule has 3 nitrogen and oxygen atoms in total.